The van der Waals surface area contributed by atoms with Crippen molar-refractivity contribution < 1.29 is 14.6 Å². The van der Waals surface area contributed by atoms with Crippen LogP contribution in [0.4, 0.5) is 0 Å². The molecular weight excluding hydrogens is 170 g/mol. The fourth-order valence-corrected chi connectivity index (χ4v) is 1.90. The Balaban J connectivity index is 1.68. The summed E-state index contributed by atoms with van der Waals surface area (Å²) in [5.41, 5.74) is 0. The zero-order valence-corrected chi connectivity index (χ0v) is 7.90. The van der Waals surface area contributed by atoms with Crippen LogP contribution in [-0.2, 0) is 9.47 Å². The van der Waals surface area contributed by atoms with Gasteiger partial charge in [-0.25, -0.2) is 0 Å². The third-order valence-corrected chi connectivity index (χ3v) is 2.93. The molecule has 2 aliphatic rings. The van der Waals surface area contributed by atoms with Gasteiger partial charge in [-0.2, -0.15) is 0 Å². The van der Waals surface area contributed by atoms with E-state index in [1.54, 1.807) is 7.11 Å². The molecule has 0 aromatic heterocycles. The highest BCUT2D eigenvalue weighted by atomic mass is 16.5. The number of hydrogen-bond acceptors (Lipinski definition) is 4. The Kier molecular flexibility index (Phi) is 2.83. The molecule has 2 unspecified atom stereocenters. The quantitative estimate of drug-likeness (QED) is 0.626. The molecule has 2 atom stereocenters. The molecule has 1 saturated carbocycles. The fourth-order valence-electron chi connectivity index (χ4n) is 1.90. The number of hydrogen-bond donors (Lipinski definition) is 2. The van der Waals surface area contributed by atoms with E-state index in [1.807, 2.05) is 0 Å². The highest BCUT2D eigenvalue weighted by Gasteiger charge is 2.34. The number of aliphatic hydroxyl groups excluding tert-OH is 1. The number of nitrogens with one attached hydrogen (secondary N) is 1. The van der Waals surface area contributed by atoms with Gasteiger partial charge in [-0.15, -0.1) is 0 Å². The summed E-state index contributed by atoms with van der Waals surface area (Å²) < 4.78 is 10.3. The van der Waals surface area contributed by atoms with Crippen LogP contribution in [0.5, 0.6) is 0 Å². The van der Waals surface area contributed by atoms with Gasteiger partial charge in [0.05, 0.1) is 31.5 Å². The van der Waals surface area contributed by atoms with Crippen LogP contribution in [0.25, 0.3) is 0 Å². The lowest BCUT2D eigenvalue weighted by molar-refractivity contribution is 0.00970. The first-order chi connectivity index (χ1) is 6.29. The maximum absolute atomic E-state index is 9.46. The van der Waals surface area contributed by atoms with Crippen molar-refractivity contribution in [2.75, 3.05) is 20.3 Å². The van der Waals surface area contributed by atoms with Gasteiger partial charge in [-0.3, -0.25) is 0 Å². The number of methoxy groups -OCH3 is 1. The third-order valence-electron chi connectivity index (χ3n) is 2.93. The zero-order chi connectivity index (χ0) is 9.26. The van der Waals surface area contributed by atoms with Gasteiger partial charge in [-0.1, -0.05) is 0 Å². The van der Waals surface area contributed by atoms with Crippen molar-refractivity contribution in [2.45, 2.75) is 37.1 Å². The van der Waals surface area contributed by atoms with Crippen LogP contribution in [0, 0.1) is 0 Å². The van der Waals surface area contributed by atoms with Gasteiger partial charge in [0, 0.05) is 13.2 Å². The lowest BCUT2D eigenvalue weighted by Crippen LogP contribution is -2.52. The molecule has 2 rings (SSSR count). The van der Waals surface area contributed by atoms with E-state index in [0.29, 0.717) is 25.4 Å². The molecule has 76 valence electrons. The largest absolute Gasteiger partial charge is 0.389 e. The lowest BCUT2D eigenvalue weighted by atomic mass is 9.88. The number of rotatable bonds is 3. The summed E-state index contributed by atoms with van der Waals surface area (Å²) >= 11 is 0. The van der Waals surface area contributed by atoms with Crippen LogP contribution >= 0.6 is 0 Å². The van der Waals surface area contributed by atoms with Gasteiger partial charge in [0.25, 0.3) is 0 Å². The second-order valence-electron chi connectivity index (χ2n) is 3.90. The molecule has 4 nitrogen and oxygen atoms in total. The average molecular weight is 187 g/mol. The molecule has 1 aliphatic carbocycles. The molecule has 13 heavy (non-hydrogen) atoms. The molecule has 2 fully saturated rings. The highest BCUT2D eigenvalue weighted by molar-refractivity contribution is 4.91. The first-order valence-corrected chi connectivity index (χ1v) is 4.84. The van der Waals surface area contributed by atoms with E-state index in [0.717, 1.165) is 12.8 Å². The highest BCUT2D eigenvalue weighted by Crippen LogP contribution is 2.23. The van der Waals surface area contributed by atoms with Crippen molar-refractivity contribution in [1.29, 1.82) is 0 Å². The molecule has 1 heterocycles. The van der Waals surface area contributed by atoms with Crippen molar-refractivity contribution in [3.8, 4) is 0 Å². The van der Waals surface area contributed by atoms with Gasteiger partial charge < -0.3 is 19.9 Å². The van der Waals surface area contributed by atoms with E-state index in [9.17, 15) is 5.11 Å². The minimum atomic E-state index is -0.332. The van der Waals surface area contributed by atoms with Crippen LogP contribution in [0.15, 0.2) is 0 Å². The van der Waals surface area contributed by atoms with Gasteiger partial charge >= 0.3 is 0 Å². The van der Waals surface area contributed by atoms with Crippen LogP contribution < -0.4 is 5.32 Å². The smallest absolute Gasteiger partial charge is 0.0948 e. The molecular formula is C9H17NO3. The molecule has 0 radical (unpaired) electrons. The monoisotopic (exact) mass is 187 g/mol. The molecule has 4 heteroatoms. The van der Waals surface area contributed by atoms with E-state index in [2.05, 4.69) is 5.32 Å². The summed E-state index contributed by atoms with van der Waals surface area (Å²) in [5.74, 6) is 0. The Morgan fingerprint density at radius 1 is 1.38 bits per heavy atom. The molecule has 2 N–H and O–H groups in total. The van der Waals surface area contributed by atoms with Gasteiger partial charge in [0.15, 0.2) is 0 Å². The van der Waals surface area contributed by atoms with Gasteiger partial charge in [0.1, 0.15) is 0 Å². The van der Waals surface area contributed by atoms with Gasteiger partial charge in [-0.05, 0) is 12.8 Å². The fraction of sp³-hybridized carbons (Fsp3) is 1.00. The average Bonchev–Trinajstić information content (AvgIpc) is 2.43. The van der Waals surface area contributed by atoms with Crippen molar-refractivity contribution in [2.24, 2.45) is 0 Å². The predicted octanol–water partition coefficient (Wildman–Crippen LogP) is -0.487. The normalized spacial score (nSPS) is 44.8. The molecule has 1 saturated heterocycles. The molecule has 0 amide bonds. The van der Waals surface area contributed by atoms with E-state index in [4.69, 9.17) is 9.47 Å². The minimum absolute atomic E-state index is 0.128. The summed E-state index contributed by atoms with van der Waals surface area (Å²) in [7, 11) is 1.74. The number of ether oxygens (including phenoxy) is 2. The molecule has 1 aliphatic heterocycles. The third kappa shape index (κ3) is 2.02. The van der Waals surface area contributed by atoms with Gasteiger partial charge in [0.2, 0.25) is 0 Å². The van der Waals surface area contributed by atoms with E-state index < -0.39 is 0 Å². The summed E-state index contributed by atoms with van der Waals surface area (Å²) in [6.45, 7) is 1.10. The van der Waals surface area contributed by atoms with Crippen LogP contribution in [0.2, 0.25) is 0 Å². The summed E-state index contributed by atoms with van der Waals surface area (Å²) in [4.78, 5) is 0. The minimum Gasteiger partial charge on any atom is -0.389 e. The SMILES string of the molecule is COC1CC(NC2COCC2O)C1. The maximum atomic E-state index is 9.46. The van der Waals surface area contributed by atoms with Crippen LogP contribution in [0.1, 0.15) is 12.8 Å². The van der Waals surface area contributed by atoms with E-state index in [1.165, 1.54) is 0 Å². The Hall–Kier alpha value is -0.160. The Bertz CT molecular complexity index is 170. The summed E-state index contributed by atoms with van der Waals surface area (Å²) in [6, 6.07) is 0.633. The second kappa shape index (κ2) is 3.92. The summed E-state index contributed by atoms with van der Waals surface area (Å²) in [5, 5.41) is 12.8. The van der Waals surface area contributed by atoms with Crippen molar-refractivity contribution in [1.82, 2.24) is 5.32 Å². The van der Waals surface area contributed by atoms with Crippen LogP contribution in [-0.4, -0.2) is 49.7 Å². The molecule has 0 aromatic rings. The topological polar surface area (TPSA) is 50.7 Å². The molecule has 0 bridgehead atoms. The zero-order valence-electron chi connectivity index (χ0n) is 7.90. The Morgan fingerprint density at radius 3 is 2.69 bits per heavy atom. The maximum Gasteiger partial charge on any atom is 0.0948 e. The van der Waals surface area contributed by atoms with Crippen LogP contribution in [0.3, 0.4) is 0 Å². The van der Waals surface area contributed by atoms with Crippen molar-refractivity contribution in [3.05, 3.63) is 0 Å². The molecule has 0 spiro atoms. The number of aliphatic hydroxyl groups is 1. The van der Waals surface area contributed by atoms with Crippen molar-refractivity contribution in [3.63, 3.8) is 0 Å². The second-order valence-corrected chi connectivity index (χ2v) is 3.90. The standard InChI is InChI=1S/C9H17NO3/c1-12-7-2-6(3-7)10-8-4-13-5-9(8)11/h6-11H,2-5H2,1H3. The Labute approximate surface area is 78.2 Å². The van der Waals surface area contributed by atoms with Crippen molar-refractivity contribution >= 4 is 0 Å². The Morgan fingerprint density at radius 2 is 2.15 bits per heavy atom. The first-order valence-electron chi connectivity index (χ1n) is 4.84. The van der Waals surface area contributed by atoms with E-state index >= 15 is 0 Å². The van der Waals surface area contributed by atoms with E-state index in [-0.39, 0.29) is 12.1 Å². The molecule has 0 aromatic carbocycles. The summed E-state index contributed by atoms with van der Waals surface area (Å²) in [6.07, 6.45) is 2.19. The predicted molar refractivity (Wildman–Crippen MR) is 47.6 cm³/mol. The lowest BCUT2D eigenvalue weighted by Gasteiger charge is -2.36. The first kappa shape index (κ1) is 9.40.